The lowest BCUT2D eigenvalue weighted by molar-refractivity contribution is 1.19. The van der Waals surface area contributed by atoms with Crippen LogP contribution in [-0.4, -0.2) is 15.0 Å². The van der Waals surface area contributed by atoms with E-state index in [1.54, 1.807) is 12.3 Å². The van der Waals surface area contributed by atoms with Crippen molar-refractivity contribution in [3.05, 3.63) is 27.2 Å². The van der Waals surface area contributed by atoms with Crippen molar-refractivity contribution in [3.8, 4) is 0 Å². The second kappa shape index (κ2) is 3.36. The Labute approximate surface area is 92.2 Å². The van der Waals surface area contributed by atoms with E-state index in [4.69, 9.17) is 23.2 Å². The van der Waals surface area contributed by atoms with Crippen molar-refractivity contribution in [1.29, 1.82) is 0 Å². The molecule has 0 aliphatic heterocycles. The largest absolute Gasteiger partial charge is 0.250 e. The van der Waals surface area contributed by atoms with Crippen molar-refractivity contribution in [1.82, 2.24) is 15.0 Å². The van der Waals surface area contributed by atoms with E-state index < -0.39 is 0 Å². The minimum atomic E-state index is 0.123. The van der Waals surface area contributed by atoms with Gasteiger partial charge in [0.1, 0.15) is 5.52 Å². The molecule has 13 heavy (non-hydrogen) atoms. The minimum Gasteiger partial charge on any atom is -0.250 e. The summed E-state index contributed by atoms with van der Waals surface area (Å²) in [6, 6.07) is 1.78. The van der Waals surface area contributed by atoms with Crippen molar-refractivity contribution in [2.45, 2.75) is 0 Å². The maximum atomic E-state index is 5.80. The van der Waals surface area contributed by atoms with Crippen LogP contribution in [0.2, 0.25) is 10.4 Å². The summed E-state index contributed by atoms with van der Waals surface area (Å²) in [5, 5.41) is 0.389. The summed E-state index contributed by atoms with van der Waals surface area (Å²) < 4.78 is 0.825. The molecule has 0 radical (unpaired) electrons. The molecular formula is C7H2BrCl2N3. The van der Waals surface area contributed by atoms with Gasteiger partial charge in [0.25, 0.3) is 0 Å². The lowest BCUT2D eigenvalue weighted by Gasteiger charge is -1.98. The zero-order valence-corrected chi connectivity index (χ0v) is 9.23. The van der Waals surface area contributed by atoms with E-state index in [2.05, 4.69) is 30.9 Å². The van der Waals surface area contributed by atoms with Crippen LogP contribution in [0.25, 0.3) is 11.0 Å². The molecule has 0 aromatic carbocycles. The summed E-state index contributed by atoms with van der Waals surface area (Å²) in [6.07, 6.45) is 1.63. The van der Waals surface area contributed by atoms with Crippen molar-refractivity contribution >= 4 is 50.2 Å². The number of pyridine rings is 1. The molecule has 2 heterocycles. The van der Waals surface area contributed by atoms with Crippen molar-refractivity contribution in [3.63, 3.8) is 0 Å². The van der Waals surface area contributed by atoms with Crippen LogP contribution < -0.4 is 0 Å². The molecular weight excluding hydrogens is 277 g/mol. The Hall–Kier alpha value is -0.450. The van der Waals surface area contributed by atoms with E-state index in [-0.39, 0.29) is 10.4 Å². The molecule has 0 aliphatic rings. The predicted octanol–water partition coefficient (Wildman–Crippen LogP) is 3.09. The third-order valence-electron chi connectivity index (χ3n) is 1.43. The van der Waals surface area contributed by atoms with Crippen molar-refractivity contribution < 1.29 is 0 Å². The first-order valence-electron chi connectivity index (χ1n) is 3.31. The van der Waals surface area contributed by atoms with Gasteiger partial charge in [0.2, 0.25) is 5.28 Å². The number of fused-ring (bicyclic) bond motifs is 1. The maximum absolute atomic E-state index is 5.80. The van der Waals surface area contributed by atoms with E-state index in [0.717, 1.165) is 4.47 Å². The number of halogens is 3. The molecule has 0 saturated carbocycles. The van der Waals surface area contributed by atoms with E-state index in [1.165, 1.54) is 0 Å². The van der Waals surface area contributed by atoms with E-state index in [1.807, 2.05) is 0 Å². The smallest absolute Gasteiger partial charge is 0.224 e. The highest BCUT2D eigenvalue weighted by Gasteiger charge is 2.05. The topological polar surface area (TPSA) is 38.7 Å². The normalized spacial score (nSPS) is 10.7. The van der Waals surface area contributed by atoms with Gasteiger partial charge in [0, 0.05) is 10.7 Å². The number of hydrogen-bond acceptors (Lipinski definition) is 3. The fourth-order valence-corrected chi connectivity index (χ4v) is 1.69. The molecule has 0 N–H and O–H groups in total. The number of rotatable bonds is 0. The molecule has 0 fully saturated rings. The fraction of sp³-hybridized carbons (Fsp3) is 0. The maximum Gasteiger partial charge on any atom is 0.224 e. The van der Waals surface area contributed by atoms with E-state index in [0.29, 0.717) is 11.0 Å². The van der Waals surface area contributed by atoms with Crippen LogP contribution in [0.4, 0.5) is 0 Å². The van der Waals surface area contributed by atoms with Gasteiger partial charge in [-0.3, -0.25) is 4.98 Å². The Bertz CT molecular complexity index is 469. The first-order chi connectivity index (χ1) is 6.16. The zero-order chi connectivity index (χ0) is 9.42. The highest BCUT2D eigenvalue weighted by Crippen LogP contribution is 2.22. The van der Waals surface area contributed by atoms with Crippen LogP contribution in [0.5, 0.6) is 0 Å². The summed E-state index contributed by atoms with van der Waals surface area (Å²) in [5.74, 6) is 0. The Kier molecular flexibility index (Phi) is 2.36. The standard InChI is InChI=1S/C7H2BrCl2N3/c8-3-1-4-5(11-2-3)6(9)13-7(10)12-4/h1-2H. The number of hydrogen-bond donors (Lipinski definition) is 0. The average Bonchev–Trinajstić information content (AvgIpc) is 2.02. The highest BCUT2D eigenvalue weighted by atomic mass is 79.9. The fourth-order valence-electron chi connectivity index (χ4n) is 0.931. The number of aromatic nitrogens is 3. The summed E-state index contributed by atoms with van der Waals surface area (Å²) in [6.45, 7) is 0. The molecule has 2 aromatic rings. The Balaban J connectivity index is 2.86. The number of nitrogens with zero attached hydrogens (tertiary/aromatic N) is 3. The second-order valence-electron chi connectivity index (χ2n) is 2.30. The quantitative estimate of drug-likeness (QED) is 0.549. The molecule has 0 unspecified atom stereocenters. The van der Waals surface area contributed by atoms with Gasteiger partial charge in [-0.05, 0) is 33.6 Å². The molecule has 66 valence electrons. The summed E-state index contributed by atoms with van der Waals surface area (Å²) in [5.41, 5.74) is 1.17. The van der Waals surface area contributed by atoms with Gasteiger partial charge in [-0.15, -0.1) is 0 Å². The zero-order valence-electron chi connectivity index (χ0n) is 6.13. The SMILES string of the molecule is Clc1nc(Cl)c2ncc(Br)cc2n1. The van der Waals surface area contributed by atoms with Crippen molar-refractivity contribution in [2.24, 2.45) is 0 Å². The molecule has 0 aliphatic carbocycles. The van der Waals surface area contributed by atoms with Gasteiger partial charge in [-0.2, -0.15) is 0 Å². The summed E-state index contributed by atoms with van der Waals surface area (Å²) >= 11 is 14.7. The van der Waals surface area contributed by atoms with E-state index in [9.17, 15) is 0 Å². The lowest BCUT2D eigenvalue weighted by Crippen LogP contribution is -1.89. The van der Waals surface area contributed by atoms with E-state index >= 15 is 0 Å². The first kappa shape index (κ1) is 9.12. The molecule has 0 amide bonds. The highest BCUT2D eigenvalue weighted by molar-refractivity contribution is 9.10. The van der Waals surface area contributed by atoms with Gasteiger partial charge in [-0.25, -0.2) is 9.97 Å². The predicted molar refractivity (Wildman–Crippen MR) is 55.1 cm³/mol. The van der Waals surface area contributed by atoms with Crippen LogP contribution in [0, 0.1) is 0 Å². The molecule has 0 atom stereocenters. The molecule has 0 spiro atoms. The average molecular weight is 279 g/mol. The second-order valence-corrected chi connectivity index (χ2v) is 3.92. The van der Waals surface area contributed by atoms with Crippen LogP contribution in [0.3, 0.4) is 0 Å². The molecule has 2 aromatic heterocycles. The van der Waals surface area contributed by atoms with Crippen LogP contribution in [0.15, 0.2) is 16.7 Å². The van der Waals surface area contributed by atoms with Gasteiger partial charge in [-0.1, -0.05) is 11.6 Å². The van der Waals surface area contributed by atoms with Gasteiger partial charge in [0.05, 0.1) is 5.52 Å². The third kappa shape index (κ3) is 1.75. The Morgan fingerprint density at radius 2 is 2.00 bits per heavy atom. The summed E-state index contributed by atoms with van der Waals surface area (Å²) in [7, 11) is 0. The van der Waals surface area contributed by atoms with Crippen molar-refractivity contribution in [2.75, 3.05) is 0 Å². The Morgan fingerprint density at radius 3 is 2.77 bits per heavy atom. The van der Waals surface area contributed by atoms with Gasteiger partial charge in [0.15, 0.2) is 5.15 Å². The van der Waals surface area contributed by atoms with Crippen LogP contribution in [-0.2, 0) is 0 Å². The lowest BCUT2D eigenvalue weighted by atomic mass is 10.4. The molecule has 0 bridgehead atoms. The minimum absolute atomic E-state index is 0.123. The summed E-state index contributed by atoms with van der Waals surface area (Å²) in [4.78, 5) is 11.8. The Morgan fingerprint density at radius 1 is 1.23 bits per heavy atom. The molecule has 6 heteroatoms. The monoisotopic (exact) mass is 277 g/mol. The van der Waals surface area contributed by atoms with Gasteiger partial charge < -0.3 is 0 Å². The molecule has 3 nitrogen and oxygen atoms in total. The van der Waals surface area contributed by atoms with Crippen LogP contribution in [0.1, 0.15) is 0 Å². The molecule has 2 rings (SSSR count). The first-order valence-corrected chi connectivity index (χ1v) is 4.86. The molecule has 0 saturated heterocycles. The third-order valence-corrected chi connectivity index (χ3v) is 2.30. The van der Waals surface area contributed by atoms with Gasteiger partial charge >= 0.3 is 0 Å². The van der Waals surface area contributed by atoms with Crippen LogP contribution >= 0.6 is 39.1 Å².